The number of benzene rings is 2. The number of halogens is 4. The zero-order valence-corrected chi connectivity index (χ0v) is 24.7. The molecule has 2 fully saturated rings. The van der Waals surface area contributed by atoms with Gasteiger partial charge >= 0.3 is 6.18 Å². The maximum absolute atomic E-state index is 13.3. The summed E-state index contributed by atoms with van der Waals surface area (Å²) in [7, 11) is 0. The highest BCUT2D eigenvalue weighted by Crippen LogP contribution is 2.39. The van der Waals surface area contributed by atoms with Crippen molar-refractivity contribution in [2.24, 2.45) is 0 Å². The first-order valence-corrected chi connectivity index (χ1v) is 14.7. The second kappa shape index (κ2) is 12.7. The Labute approximate surface area is 252 Å². The first-order valence-electron chi connectivity index (χ1n) is 14.3. The number of ether oxygens (including phenoxy) is 1. The first-order chi connectivity index (χ1) is 20.4. The van der Waals surface area contributed by atoms with Crippen LogP contribution in [-0.2, 0) is 15.7 Å². The molecule has 0 bridgehead atoms. The van der Waals surface area contributed by atoms with Gasteiger partial charge in [-0.15, -0.1) is 0 Å². The van der Waals surface area contributed by atoms with Crippen LogP contribution in [0.4, 0.5) is 24.5 Å². The van der Waals surface area contributed by atoms with Crippen LogP contribution in [0.2, 0.25) is 5.02 Å². The van der Waals surface area contributed by atoms with Crippen molar-refractivity contribution in [3.8, 4) is 0 Å². The lowest BCUT2D eigenvalue weighted by atomic mass is 9.92. The van der Waals surface area contributed by atoms with E-state index in [0.717, 1.165) is 34.4 Å². The number of hydrogen-bond acceptors (Lipinski definition) is 7. The monoisotopic (exact) mass is 622 g/mol. The molecule has 13 heteroatoms. The van der Waals surface area contributed by atoms with Crippen LogP contribution in [-0.4, -0.2) is 65.6 Å². The SMILES string of the molecule is Cc1ccc2oc(C(C)N3CCN(C(=O)COC4CCC(Nc5ccc([N+](=O)[O-])c(C(F)(F)F)c5)CC4)CC3)c(Cl)c2c1. The molecule has 1 aliphatic carbocycles. The van der Waals surface area contributed by atoms with Crippen molar-refractivity contribution in [2.45, 2.75) is 63.9 Å². The number of carbonyl (C=O) groups is 1. The molecule has 1 unspecified atom stereocenters. The Hall–Kier alpha value is -3.35. The number of fused-ring (bicyclic) bond motifs is 1. The summed E-state index contributed by atoms with van der Waals surface area (Å²) in [4.78, 5) is 26.9. The first kappa shape index (κ1) is 31.1. The van der Waals surface area contributed by atoms with Crippen molar-refractivity contribution in [1.82, 2.24) is 9.80 Å². The summed E-state index contributed by atoms with van der Waals surface area (Å²) in [6.07, 6.45) is -2.38. The zero-order valence-electron chi connectivity index (χ0n) is 24.0. The van der Waals surface area contributed by atoms with Crippen LogP contribution in [0.3, 0.4) is 0 Å². The molecule has 43 heavy (non-hydrogen) atoms. The molecule has 2 aromatic carbocycles. The molecule has 1 N–H and O–H groups in total. The Morgan fingerprint density at radius 1 is 1.14 bits per heavy atom. The van der Waals surface area contributed by atoms with E-state index in [1.165, 1.54) is 6.07 Å². The molecule has 2 heterocycles. The molecule has 0 radical (unpaired) electrons. The van der Waals surface area contributed by atoms with Gasteiger partial charge in [0.25, 0.3) is 5.69 Å². The van der Waals surface area contributed by atoms with E-state index in [-0.39, 0.29) is 36.4 Å². The fourth-order valence-corrected chi connectivity index (χ4v) is 6.24. The van der Waals surface area contributed by atoms with Crippen LogP contribution >= 0.6 is 11.6 Å². The van der Waals surface area contributed by atoms with Gasteiger partial charge in [-0.3, -0.25) is 19.8 Å². The third kappa shape index (κ3) is 7.08. The quantitative estimate of drug-likeness (QED) is 0.214. The number of furan rings is 1. The van der Waals surface area contributed by atoms with Gasteiger partial charge in [-0.1, -0.05) is 23.2 Å². The minimum absolute atomic E-state index is 0.0234. The van der Waals surface area contributed by atoms with E-state index in [1.54, 1.807) is 4.90 Å². The number of nitro groups is 1. The number of nitrogens with one attached hydrogen (secondary N) is 1. The molecule has 9 nitrogen and oxygen atoms in total. The molecule has 3 aromatic rings. The fourth-order valence-electron chi connectivity index (χ4n) is 5.90. The lowest BCUT2D eigenvalue weighted by molar-refractivity contribution is -0.388. The Bertz CT molecular complexity index is 1480. The highest BCUT2D eigenvalue weighted by Gasteiger charge is 2.38. The fraction of sp³-hybridized carbons (Fsp3) is 0.500. The molecule has 1 saturated carbocycles. The van der Waals surface area contributed by atoms with Crippen LogP contribution in [0, 0.1) is 17.0 Å². The smallest absolute Gasteiger partial charge is 0.423 e. The number of rotatable bonds is 8. The molecule has 2 aliphatic rings. The number of nitrogens with zero attached hydrogens (tertiary/aromatic N) is 3. The summed E-state index contributed by atoms with van der Waals surface area (Å²) in [6.45, 7) is 6.52. The molecule has 5 rings (SSSR count). The van der Waals surface area contributed by atoms with Crippen LogP contribution in [0.15, 0.2) is 40.8 Å². The third-order valence-corrected chi connectivity index (χ3v) is 8.78. The largest absolute Gasteiger partial charge is 0.458 e. The predicted octanol–water partition coefficient (Wildman–Crippen LogP) is 6.97. The zero-order chi connectivity index (χ0) is 30.9. The average Bonchev–Trinajstić information content (AvgIpc) is 3.31. The Balaban J connectivity index is 1.06. The number of piperazine rings is 1. The summed E-state index contributed by atoms with van der Waals surface area (Å²) in [6, 6.07) is 8.75. The summed E-state index contributed by atoms with van der Waals surface area (Å²) in [5.41, 5.74) is -0.194. The summed E-state index contributed by atoms with van der Waals surface area (Å²) in [5, 5.41) is 15.6. The molecule has 1 saturated heterocycles. The van der Waals surface area contributed by atoms with Crippen molar-refractivity contribution in [1.29, 1.82) is 0 Å². The molecular formula is C30H34ClF3N4O5. The van der Waals surface area contributed by atoms with Crippen LogP contribution < -0.4 is 5.32 Å². The molecule has 1 aliphatic heterocycles. The maximum Gasteiger partial charge on any atom is 0.423 e. The van der Waals surface area contributed by atoms with Gasteiger partial charge in [0.1, 0.15) is 23.5 Å². The number of alkyl halides is 3. The van der Waals surface area contributed by atoms with E-state index in [0.29, 0.717) is 56.9 Å². The van der Waals surface area contributed by atoms with Gasteiger partial charge in [0, 0.05) is 49.4 Å². The molecule has 1 atom stereocenters. The molecule has 1 aromatic heterocycles. The van der Waals surface area contributed by atoms with Gasteiger partial charge < -0.3 is 19.4 Å². The van der Waals surface area contributed by atoms with Gasteiger partial charge in [0.15, 0.2) is 0 Å². The summed E-state index contributed by atoms with van der Waals surface area (Å²) in [5.74, 6) is 0.653. The summed E-state index contributed by atoms with van der Waals surface area (Å²) >= 11 is 6.66. The number of hydrogen-bond donors (Lipinski definition) is 1. The van der Waals surface area contributed by atoms with E-state index in [4.69, 9.17) is 20.8 Å². The molecule has 0 spiro atoms. The van der Waals surface area contributed by atoms with Crippen molar-refractivity contribution >= 4 is 39.9 Å². The van der Waals surface area contributed by atoms with E-state index in [1.807, 2.05) is 25.1 Å². The highest BCUT2D eigenvalue weighted by molar-refractivity contribution is 6.36. The van der Waals surface area contributed by atoms with Crippen molar-refractivity contribution in [3.63, 3.8) is 0 Å². The van der Waals surface area contributed by atoms with E-state index in [2.05, 4.69) is 17.1 Å². The van der Waals surface area contributed by atoms with E-state index >= 15 is 0 Å². The second-order valence-corrected chi connectivity index (χ2v) is 11.7. The van der Waals surface area contributed by atoms with E-state index in [9.17, 15) is 28.1 Å². The van der Waals surface area contributed by atoms with Crippen molar-refractivity contribution in [2.75, 3.05) is 38.1 Å². The van der Waals surface area contributed by atoms with Gasteiger partial charge in [-0.2, -0.15) is 13.2 Å². The van der Waals surface area contributed by atoms with Gasteiger partial charge in [-0.25, -0.2) is 0 Å². The van der Waals surface area contributed by atoms with Gasteiger partial charge in [0.2, 0.25) is 5.91 Å². The number of anilines is 1. The Morgan fingerprint density at radius 2 is 1.84 bits per heavy atom. The number of carbonyl (C=O) groups excluding carboxylic acids is 1. The van der Waals surface area contributed by atoms with Crippen molar-refractivity contribution < 1.29 is 32.0 Å². The Morgan fingerprint density at radius 3 is 2.49 bits per heavy atom. The maximum atomic E-state index is 13.3. The normalized spacial score (nSPS) is 20.7. The lowest BCUT2D eigenvalue weighted by Gasteiger charge is -2.37. The Kier molecular flexibility index (Phi) is 9.19. The lowest BCUT2D eigenvalue weighted by Crippen LogP contribution is -2.50. The standard InChI is InChI=1S/C30H34ClF3N4O5/c1-18-3-10-26-23(15-18)28(31)29(43-26)19(2)36-11-13-37(14-12-36)27(39)17-42-22-7-4-20(5-8-22)35-21-6-9-25(38(40)41)24(16-21)30(32,33)34/h3,6,9-10,15-16,19-20,22,35H,4-5,7-8,11-14,17H2,1-2H3. The number of nitro benzene ring substituents is 1. The molecular weight excluding hydrogens is 589 g/mol. The van der Waals surface area contributed by atoms with Gasteiger partial charge in [-0.05, 0) is 63.8 Å². The number of amides is 1. The average molecular weight is 623 g/mol. The number of aryl methyl sites for hydroxylation is 1. The van der Waals surface area contributed by atoms with Crippen LogP contribution in [0.5, 0.6) is 0 Å². The minimum atomic E-state index is -4.83. The molecule has 1 amide bonds. The highest BCUT2D eigenvalue weighted by atomic mass is 35.5. The third-order valence-electron chi connectivity index (χ3n) is 8.39. The summed E-state index contributed by atoms with van der Waals surface area (Å²) < 4.78 is 51.9. The minimum Gasteiger partial charge on any atom is -0.458 e. The van der Waals surface area contributed by atoms with Crippen molar-refractivity contribution in [3.05, 3.63) is 68.4 Å². The van der Waals surface area contributed by atoms with Crippen LogP contribution in [0.25, 0.3) is 11.0 Å². The van der Waals surface area contributed by atoms with Gasteiger partial charge in [0.05, 0.1) is 22.1 Å². The predicted molar refractivity (Wildman–Crippen MR) is 156 cm³/mol. The second-order valence-electron chi connectivity index (χ2n) is 11.3. The topological polar surface area (TPSA) is 101 Å². The van der Waals surface area contributed by atoms with Crippen LogP contribution in [0.1, 0.15) is 55.5 Å². The van der Waals surface area contributed by atoms with E-state index < -0.39 is 22.4 Å². The molecule has 232 valence electrons.